The molecule has 2 aromatic carbocycles. The number of halogens is 2. The number of nitrogens with zero attached hydrogens (tertiary/aromatic N) is 3. The van der Waals surface area contributed by atoms with Crippen molar-refractivity contribution in [1.82, 2.24) is 9.99 Å². The van der Waals surface area contributed by atoms with E-state index in [4.69, 9.17) is 33.0 Å². The van der Waals surface area contributed by atoms with E-state index < -0.39 is 0 Å². The van der Waals surface area contributed by atoms with Crippen LogP contribution in [0.3, 0.4) is 0 Å². The SMILES string of the molecule is Cc1ccc(C2=NN3[C@@H](c4ccncc4)Oc4c(Cl)cc(Cl)cc4[C@@H]3C2)cc1. The lowest BCUT2D eigenvalue weighted by atomic mass is 9.95. The molecule has 0 aliphatic carbocycles. The first kappa shape index (κ1) is 17.5. The van der Waals surface area contributed by atoms with Crippen LogP contribution in [0.5, 0.6) is 5.75 Å². The minimum Gasteiger partial charge on any atom is -0.463 e. The highest BCUT2D eigenvalue weighted by Gasteiger charge is 2.42. The molecule has 2 aliphatic heterocycles. The molecule has 6 heteroatoms. The fraction of sp³-hybridized carbons (Fsp3) is 0.182. The van der Waals surface area contributed by atoms with Gasteiger partial charge in [-0.2, -0.15) is 5.10 Å². The van der Waals surface area contributed by atoms with Gasteiger partial charge < -0.3 is 4.74 Å². The zero-order chi connectivity index (χ0) is 19.3. The van der Waals surface area contributed by atoms with Crippen LogP contribution in [0.4, 0.5) is 0 Å². The Morgan fingerprint density at radius 2 is 1.79 bits per heavy atom. The smallest absolute Gasteiger partial charge is 0.214 e. The molecule has 3 heterocycles. The van der Waals surface area contributed by atoms with Crippen LogP contribution in [0.1, 0.15) is 40.9 Å². The molecule has 28 heavy (non-hydrogen) atoms. The second-order valence-corrected chi connectivity index (χ2v) is 7.91. The number of hydrogen-bond donors (Lipinski definition) is 0. The van der Waals surface area contributed by atoms with Crippen LogP contribution in [0.25, 0.3) is 0 Å². The standard InChI is InChI=1S/C22H17Cl2N3O/c1-13-2-4-14(5-3-13)19-12-20-17-10-16(23)11-18(24)21(17)28-22(27(20)26-19)15-6-8-25-9-7-15/h2-11,20,22H,12H2,1H3/t20-,22+/m0/s1. The van der Waals surface area contributed by atoms with Crippen molar-refractivity contribution in [3.8, 4) is 5.75 Å². The largest absolute Gasteiger partial charge is 0.463 e. The van der Waals surface area contributed by atoms with Gasteiger partial charge in [0.25, 0.3) is 0 Å². The van der Waals surface area contributed by atoms with Gasteiger partial charge in [0.1, 0.15) is 5.75 Å². The van der Waals surface area contributed by atoms with E-state index in [1.807, 2.05) is 23.2 Å². The second-order valence-electron chi connectivity index (χ2n) is 7.07. The molecule has 2 atom stereocenters. The van der Waals surface area contributed by atoms with E-state index in [0.717, 1.165) is 28.8 Å². The van der Waals surface area contributed by atoms with Crippen LogP contribution in [0, 0.1) is 6.92 Å². The molecule has 0 radical (unpaired) electrons. The van der Waals surface area contributed by atoms with Gasteiger partial charge >= 0.3 is 0 Å². The summed E-state index contributed by atoms with van der Waals surface area (Å²) in [6.07, 6.45) is 3.90. The van der Waals surface area contributed by atoms with Crippen molar-refractivity contribution in [3.05, 3.63) is 93.2 Å². The molecule has 0 saturated carbocycles. The number of aryl methyl sites for hydroxylation is 1. The van der Waals surface area contributed by atoms with Crippen molar-refractivity contribution in [2.24, 2.45) is 5.10 Å². The summed E-state index contributed by atoms with van der Waals surface area (Å²) >= 11 is 12.8. The maximum Gasteiger partial charge on any atom is 0.214 e. The van der Waals surface area contributed by atoms with Crippen LogP contribution < -0.4 is 4.74 Å². The van der Waals surface area contributed by atoms with E-state index in [9.17, 15) is 0 Å². The third kappa shape index (κ3) is 2.93. The Morgan fingerprint density at radius 1 is 1.04 bits per heavy atom. The predicted molar refractivity (Wildman–Crippen MR) is 111 cm³/mol. The van der Waals surface area contributed by atoms with Gasteiger partial charge in [-0.25, -0.2) is 5.01 Å². The molecule has 0 bridgehead atoms. The topological polar surface area (TPSA) is 37.7 Å². The van der Waals surface area contributed by atoms with Crippen molar-refractivity contribution >= 4 is 28.9 Å². The Labute approximate surface area is 173 Å². The first-order valence-corrected chi connectivity index (χ1v) is 9.84. The van der Waals surface area contributed by atoms with E-state index in [1.54, 1.807) is 18.5 Å². The monoisotopic (exact) mass is 409 g/mol. The molecule has 3 aromatic rings. The summed E-state index contributed by atoms with van der Waals surface area (Å²) in [4.78, 5) is 4.12. The average molecular weight is 410 g/mol. The number of pyridine rings is 1. The molecule has 0 unspecified atom stereocenters. The molecule has 5 rings (SSSR count). The van der Waals surface area contributed by atoms with Crippen LogP contribution in [0.2, 0.25) is 10.0 Å². The molecule has 4 nitrogen and oxygen atoms in total. The highest BCUT2D eigenvalue weighted by molar-refractivity contribution is 6.35. The number of fused-ring (bicyclic) bond motifs is 3. The molecule has 0 fully saturated rings. The Kier molecular flexibility index (Phi) is 4.26. The van der Waals surface area contributed by atoms with Gasteiger partial charge in [0.15, 0.2) is 0 Å². The quantitative estimate of drug-likeness (QED) is 0.525. The van der Waals surface area contributed by atoms with Crippen LogP contribution in [0.15, 0.2) is 66.0 Å². The molecule has 1 aromatic heterocycles. The number of hydrogen-bond acceptors (Lipinski definition) is 4. The second kappa shape index (κ2) is 6.80. The molecular weight excluding hydrogens is 393 g/mol. The third-order valence-corrected chi connectivity index (χ3v) is 5.68. The molecule has 140 valence electrons. The molecule has 0 spiro atoms. The highest BCUT2D eigenvalue weighted by atomic mass is 35.5. The minimum absolute atomic E-state index is 0.00872. The van der Waals surface area contributed by atoms with Crippen molar-refractivity contribution < 1.29 is 4.74 Å². The van der Waals surface area contributed by atoms with Gasteiger partial charge in [-0.15, -0.1) is 0 Å². The summed E-state index contributed by atoms with van der Waals surface area (Å²) in [5.74, 6) is 0.675. The fourth-order valence-corrected chi connectivity index (χ4v) is 4.34. The van der Waals surface area contributed by atoms with Crippen molar-refractivity contribution in [3.63, 3.8) is 0 Å². The first-order chi connectivity index (χ1) is 13.6. The molecule has 0 saturated heterocycles. The van der Waals surface area contributed by atoms with E-state index >= 15 is 0 Å². The molecule has 0 N–H and O–H groups in total. The third-order valence-electron chi connectivity index (χ3n) is 5.18. The van der Waals surface area contributed by atoms with Gasteiger partial charge in [0, 0.05) is 35.0 Å². The Morgan fingerprint density at radius 3 is 2.54 bits per heavy atom. The van der Waals surface area contributed by atoms with E-state index in [1.165, 1.54) is 5.56 Å². The van der Waals surface area contributed by atoms with Gasteiger partial charge in [0.2, 0.25) is 6.23 Å². The predicted octanol–water partition coefficient (Wildman–Crippen LogP) is 5.94. The molecule has 2 aliphatic rings. The van der Waals surface area contributed by atoms with Crippen molar-refractivity contribution in [1.29, 1.82) is 0 Å². The summed E-state index contributed by atoms with van der Waals surface area (Å²) < 4.78 is 6.32. The summed E-state index contributed by atoms with van der Waals surface area (Å²) in [5, 5.41) is 8.07. The van der Waals surface area contributed by atoms with Gasteiger partial charge in [-0.1, -0.05) is 53.0 Å². The van der Waals surface area contributed by atoms with E-state index in [0.29, 0.717) is 15.8 Å². The Bertz CT molecular complexity index is 1070. The zero-order valence-corrected chi connectivity index (χ0v) is 16.7. The molecular formula is C22H17Cl2N3O. The minimum atomic E-state index is -0.373. The lowest BCUT2D eigenvalue weighted by Gasteiger charge is -2.38. The first-order valence-electron chi connectivity index (χ1n) is 9.08. The number of aromatic nitrogens is 1. The maximum atomic E-state index is 6.48. The zero-order valence-electron chi connectivity index (χ0n) is 15.1. The number of ether oxygens (including phenoxy) is 1. The number of rotatable bonds is 2. The summed E-state index contributed by atoms with van der Waals surface area (Å²) in [7, 11) is 0. The number of hydrazone groups is 1. The van der Waals surface area contributed by atoms with Crippen LogP contribution in [-0.4, -0.2) is 15.7 Å². The van der Waals surface area contributed by atoms with Crippen LogP contribution in [-0.2, 0) is 0 Å². The number of benzene rings is 2. The lowest BCUT2D eigenvalue weighted by Crippen LogP contribution is -2.33. The normalized spacial score (nSPS) is 20.2. The summed E-state index contributed by atoms with van der Waals surface area (Å²) in [6, 6.07) is 16.0. The lowest BCUT2D eigenvalue weighted by molar-refractivity contribution is -0.0189. The van der Waals surface area contributed by atoms with Crippen LogP contribution >= 0.6 is 23.2 Å². The highest BCUT2D eigenvalue weighted by Crippen LogP contribution is 2.50. The Hall–Kier alpha value is -2.56. The fourth-order valence-electron chi connectivity index (χ4n) is 3.78. The van der Waals surface area contributed by atoms with Crippen molar-refractivity contribution in [2.45, 2.75) is 25.6 Å². The van der Waals surface area contributed by atoms with Crippen molar-refractivity contribution in [2.75, 3.05) is 0 Å². The van der Waals surface area contributed by atoms with E-state index in [-0.39, 0.29) is 12.3 Å². The molecule has 0 amide bonds. The van der Waals surface area contributed by atoms with Gasteiger partial charge in [0.05, 0.1) is 16.8 Å². The Balaban J connectivity index is 1.63. The van der Waals surface area contributed by atoms with Gasteiger partial charge in [-0.05, 0) is 36.8 Å². The maximum absolute atomic E-state index is 6.48. The van der Waals surface area contributed by atoms with Gasteiger partial charge in [-0.3, -0.25) is 4.98 Å². The average Bonchev–Trinajstić information content (AvgIpc) is 3.14. The summed E-state index contributed by atoms with van der Waals surface area (Å²) in [5.41, 5.74) is 5.31. The van der Waals surface area contributed by atoms with E-state index in [2.05, 4.69) is 36.2 Å². The summed E-state index contributed by atoms with van der Waals surface area (Å²) in [6.45, 7) is 2.08.